The monoisotopic (exact) mass is 264 g/mol. The van der Waals surface area contributed by atoms with E-state index in [1.165, 1.54) is 0 Å². The predicted octanol–water partition coefficient (Wildman–Crippen LogP) is 0.775. The molecule has 0 amide bonds. The van der Waals surface area contributed by atoms with Crippen LogP contribution in [-0.2, 0) is 0 Å². The molecule has 1 atom stereocenters. The van der Waals surface area contributed by atoms with Crippen molar-refractivity contribution in [3.05, 3.63) is 23.9 Å². The summed E-state index contributed by atoms with van der Waals surface area (Å²) in [4.78, 5) is 6.54. The van der Waals surface area contributed by atoms with Gasteiger partial charge >= 0.3 is 0 Å². The van der Waals surface area contributed by atoms with Crippen molar-refractivity contribution < 1.29 is 10.3 Å². The van der Waals surface area contributed by atoms with Gasteiger partial charge in [0.2, 0.25) is 0 Å². The van der Waals surface area contributed by atoms with Crippen molar-refractivity contribution in [2.75, 3.05) is 24.6 Å². The first-order chi connectivity index (χ1) is 9.24. The fraction of sp³-hybridized carbons (Fsp3) is 0.538. The van der Waals surface area contributed by atoms with Crippen LogP contribution in [0.3, 0.4) is 0 Å². The van der Waals surface area contributed by atoms with E-state index in [-0.39, 0.29) is 12.4 Å². The van der Waals surface area contributed by atoms with Crippen molar-refractivity contribution in [3.8, 4) is 0 Å². The summed E-state index contributed by atoms with van der Waals surface area (Å²) in [5.41, 5.74) is 6.25. The average Bonchev–Trinajstić information content (AvgIpc) is 2.47. The van der Waals surface area contributed by atoms with Crippen LogP contribution < -0.4 is 10.6 Å². The smallest absolute Gasteiger partial charge is 0.170 e. The van der Waals surface area contributed by atoms with E-state index < -0.39 is 0 Å². The van der Waals surface area contributed by atoms with Crippen LogP contribution in [0.5, 0.6) is 0 Å². The number of aliphatic hydroxyl groups excluding tert-OH is 1. The summed E-state index contributed by atoms with van der Waals surface area (Å²) >= 11 is 0. The fourth-order valence-corrected chi connectivity index (χ4v) is 2.50. The molecule has 19 heavy (non-hydrogen) atoms. The van der Waals surface area contributed by atoms with E-state index in [1.807, 2.05) is 6.07 Å². The summed E-state index contributed by atoms with van der Waals surface area (Å²) in [6.07, 6.45) is 4.74. The first-order valence-corrected chi connectivity index (χ1v) is 6.54. The molecule has 1 aromatic heterocycles. The normalized spacial score (nSPS) is 20.6. The molecule has 0 bridgehead atoms. The van der Waals surface area contributed by atoms with E-state index in [0.29, 0.717) is 11.5 Å². The van der Waals surface area contributed by atoms with Crippen LogP contribution in [0.4, 0.5) is 5.82 Å². The number of hydrogen-bond donors (Lipinski definition) is 3. The van der Waals surface area contributed by atoms with Crippen LogP contribution in [0.25, 0.3) is 0 Å². The lowest BCUT2D eigenvalue weighted by Gasteiger charge is -2.33. The van der Waals surface area contributed by atoms with Crippen LogP contribution in [0, 0.1) is 5.92 Å². The van der Waals surface area contributed by atoms with Gasteiger partial charge in [-0.2, -0.15) is 0 Å². The summed E-state index contributed by atoms with van der Waals surface area (Å²) < 4.78 is 0. The van der Waals surface area contributed by atoms with Gasteiger partial charge in [-0.25, -0.2) is 4.98 Å². The van der Waals surface area contributed by atoms with Crippen LogP contribution in [0.15, 0.2) is 23.5 Å². The summed E-state index contributed by atoms with van der Waals surface area (Å²) in [7, 11) is 0. The van der Waals surface area contributed by atoms with Gasteiger partial charge in [0.1, 0.15) is 5.82 Å². The molecule has 1 aliphatic rings. The molecular weight excluding hydrogens is 244 g/mol. The van der Waals surface area contributed by atoms with E-state index in [1.54, 1.807) is 12.3 Å². The van der Waals surface area contributed by atoms with Crippen molar-refractivity contribution in [2.24, 2.45) is 16.8 Å². The highest BCUT2D eigenvalue weighted by atomic mass is 16.4. The van der Waals surface area contributed by atoms with Crippen molar-refractivity contribution in [1.82, 2.24) is 4.98 Å². The molecule has 6 nitrogen and oxygen atoms in total. The molecule has 4 N–H and O–H groups in total. The maximum atomic E-state index is 9.03. The molecule has 1 saturated heterocycles. The molecule has 0 aromatic carbocycles. The molecule has 0 radical (unpaired) electrons. The fourth-order valence-electron chi connectivity index (χ4n) is 2.50. The molecule has 2 heterocycles. The highest BCUT2D eigenvalue weighted by Gasteiger charge is 2.20. The minimum Gasteiger partial charge on any atom is -0.409 e. The first-order valence-electron chi connectivity index (χ1n) is 6.54. The summed E-state index contributed by atoms with van der Waals surface area (Å²) in [5, 5.41) is 20.7. The van der Waals surface area contributed by atoms with Crippen molar-refractivity contribution in [3.63, 3.8) is 0 Å². The van der Waals surface area contributed by atoms with Gasteiger partial charge < -0.3 is 20.9 Å². The van der Waals surface area contributed by atoms with E-state index in [4.69, 9.17) is 16.0 Å². The minimum absolute atomic E-state index is 0.0903. The van der Waals surface area contributed by atoms with Gasteiger partial charge in [0.25, 0.3) is 0 Å². The Morgan fingerprint density at radius 3 is 3.16 bits per heavy atom. The number of amidine groups is 1. The number of nitrogens with two attached hydrogens (primary N) is 1. The molecule has 1 aliphatic heterocycles. The van der Waals surface area contributed by atoms with E-state index in [9.17, 15) is 0 Å². The number of aromatic nitrogens is 1. The topological polar surface area (TPSA) is 95.0 Å². The van der Waals surface area contributed by atoms with Gasteiger partial charge in [0.15, 0.2) is 5.84 Å². The zero-order valence-corrected chi connectivity index (χ0v) is 10.9. The average molecular weight is 264 g/mol. The molecular formula is C13H20N4O2. The molecule has 0 saturated carbocycles. The van der Waals surface area contributed by atoms with Crippen LogP contribution in [0.1, 0.15) is 24.8 Å². The number of oxime groups is 1. The molecule has 104 valence electrons. The lowest BCUT2D eigenvalue weighted by atomic mass is 9.95. The zero-order chi connectivity index (χ0) is 13.7. The first kappa shape index (κ1) is 13.6. The molecule has 2 rings (SSSR count). The van der Waals surface area contributed by atoms with Crippen LogP contribution in [-0.4, -0.2) is 40.8 Å². The van der Waals surface area contributed by atoms with Crippen molar-refractivity contribution in [2.45, 2.75) is 19.3 Å². The molecule has 0 spiro atoms. The Kier molecular flexibility index (Phi) is 4.57. The Morgan fingerprint density at radius 1 is 1.58 bits per heavy atom. The predicted molar refractivity (Wildman–Crippen MR) is 73.4 cm³/mol. The van der Waals surface area contributed by atoms with E-state index in [2.05, 4.69) is 15.0 Å². The zero-order valence-electron chi connectivity index (χ0n) is 10.9. The Balaban J connectivity index is 2.12. The second kappa shape index (κ2) is 6.38. The number of nitrogens with zero attached hydrogens (tertiary/aromatic N) is 3. The van der Waals surface area contributed by atoms with Gasteiger partial charge in [-0.1, -0.05) is 5.16 Å². The minimum atomic E-state index is 0.0903. The van der Waals surface area contributed by atoms with Crippen molar-refractivity contribution in [1.29, 1.82) is 0 Å². The third kappa shape index (κ3) is 3.35. The highest BCUT2D eigenvalue weighted by Crippen LogP contribution is 2.23. The van der Waals surface area contributed by atoms with Crippen LogP contribution >= 0.6 is 0 Å². The SMILES string of the molecule is N/C(=N/O)c1ccnc(N2CCCC(CCO)C2)c1. The standard InChI is InChI=1S/C13H20N4O2/c14-13(16-19)11-3-5-15-12(8-11)17-6-1-2-10(9-17)4-7-18/h3,5,8,10,18-19H,1-2,4,6-7,9H2,(H2,14,16). The molecule has 0 aliphatic carbocycles. The third-order valence-electron chi connectivity index (χ3n) is 3.53. The second-order valence-electron chi connectivity index (χ2n) is 4.85. The number of hydrogen-bond acceptors (Lipinski definition) is 5. The lowest BCUT2D eigenvalue weighted by Crippen LogP contribution is -2.36. The van der Waals surface area contributed by atoms with Gasteiger partial charge in [-0.05, 0) is 37.3 Å². The maximum absolute atomic E-state index is 9.03. The Bertz CT molecular complexity index is 448. The summed E-state index contributed by atoms with van der Waals surface area (Å²) in [6, 6.07) is 3.55. The van der Waals surface area contributed by atoms with Gasteiger partial charge in [0.05, 0.1) is 0 Å². The number of anilines is 1. The second-order valence-corrected chi connectivity index (χ2v) is 4.85. The van der Waals surface area contributed by atoms with E-state index in [0.717, 1.165) is 38.2 Å². The Morgan fingerprint density at radius 2 is 2.42 bits per heavy atom. The van der Waals surface area contributed by atoms with Gasteiger partial charge in [-0.15, -0.1) is 0 Å². The lowest BCUT2D eigenvalue weighted by molar-refractivity contribution is 0.244. The molecule has 1 fully saturated rings. The van der Waals surface area contributed by atoms with Crippen LogP contribution in [0.2, 0.25) is 0 Å². The largest absolute Gasteiger partial charge is 0.409 e. The summed E-state index contributed by atoms with van der Waals surface area (Å²) in [6.45, 7) is 2.08. The maximum Gasteiger partial charge on any atom is 0.170 e. The number of pyridine rings is 1. The van der Waals surface area contributed by atoms with Crippen molar-refractivity contribution >= 4 is 11.7 Å². The molecule has 1 unspecified atom stereocenters. The third-order valence-corrected chi connectivity index (χ3v) is 3.53. The Labute approximate surface area is 112 Å². The summed E-state index contributed by atoms with van der Waals surface area (Å²) in [5.74, 6) is 1.44. The van der Waals surface area contributed by atoms with E-state index >= 15 is 0 Å². The Hall–Kier alpha value is -1.82. The number of aliphatic hydroxyl groups is 1. The quantitative estimate of drug-likeness (QED) is 0.323. The molecule has 1 aromatic rings. The van der Waals surface area contributed by atoms with Gasteiger partial charge in [0, 0.05) is 31.5 Å². The highest BCUT2D eigenvalue weighted by molar-refractivity contribution is 5.97. The number of rotatable bonds is 4. The molecule has 6 heteroatoms. The number of piperidine rings is 1. The van der Waals surface area contributed by atoms with Gasteiger partial charge in [-0.3, -0.25) is 0 Å².